The molecular formula is C6H12BNaO5. The van der Waals surface area contributed by atoms with E-state index in [4.69, 9.17) is 10.0 Å². The van der Waals surface area contributed by atoms with Crippen LogP contribution in [0.1, 0.15) is 6.42 Å². The summed E-state index contributed by atoms with van der Waals surface area (Å²) >= 11 is 0. The third-order valence-corrected chi connectivity index (χ3v) is 0.967. The average Bonchev–Trinajstić information content (AvgIpc) is 2.03. The Labute approximate surface area is 99.2 Å². The molecule has 70 valence electrons. The zero-order chi connectivity index (χ0) is 9.40. The van der Waals surface area contributed by atoms with E-state index < -0.39 is 13.3 Å². The standard InChI is InChI=1S/C6H11BO5.Na.H/c1-2-6(8)11-4-3-5-12-7(9)10;;/h2,9-10H,1,3-5H2;;. The van der Waals surface area contributed by atoms with Gasteiger partial charge in [-0.3, -0.25) is 0 Å². The molecule has 0 aliphatic carbocycles. The summed E-state index contributed by atoms with van der Waals surface area (Å²) in [4.78, 5) is 10.4. The topological polar surface area (TPSA) is 76.0 Å². The van der Waals surface area contributed by atoms with Crippen LogP contribution in [0, 0.1) is 0 Å². The van der Waals surface area contributed by atoms with Crippen LogP contribution >= 0.6 is 0 Å². The van der Waals surface area contributed by atoms with Crippen molar-refractivity contribution in [2.24, 2.45) is 0 Å². The minimum atomic E-state index is -1.76. The van der Waals surface area contributed by atoms with Crippen molar-refractivity contribution in [3.63, 3.8) is 0 Å². The summed E-state index contributed by atoms with van der Waals surface area (Å²) in [6, 6.07) is 0. The molecular weight excluding hydrogens is 186 g/mol. The monoisotopic (exact) mass is 198 g/mol. The number of hydrogen-bond acceptors (Lipinski definition) is 5. The minimum absolute atomic E-state index is 0. The van der Waals surface area contributed by atoms with Gasteiger partial charge in [0.2, 0.25) is 0 Å². The second-order valence-corrected chi connectivity index (χ2v) is 1.92. The summed E-state index contributed by atoms with van der Waals surface area (Å²) < 4.78 is 8.92. The van der Waals surface area contributed by atoms with Gasteiger partial charge in [0.15, 0.2) is 0 Å². The van der Waals surface area contributed by atoms with E-state index >= 15 is 0 Å². The first kappa shape index (κ1) is 15.6. The predicted molar refractivity (Wildman–Crippen MR) is 49.1 cm³/mol. The SMILES string of the molecule is C=CC(=O)OCCCOB(O)O.[NaH]. The van der Waals surface area contributed by atoms with Crippen LogP contribution in [-0.2, 0) is 14.2 Å². The number of esters is 1. The van der Waals surface area contributed by atoms with Crippen LogP contribution in [0.4, 0.5) is 0 Å². The zero-order valence-electron chi connectivity index (χ0n) is 6.60. The molecule has 0 unspecified atom stereocenters. The van der Waals surface area contributed by atoms with Crippen LogP contribution in [0.15, 0.2) is 12.7 Å². The van der Waals surface area contributed by atoms with Gasteiger partial charge in [-0.25, -0.2) is 4.79 Å². The number of carbonyl (C=O) groups is 1. The fourth-order valence-corrected chi connectivity index (χ4v) is 0.479. The van der Waals surface area contributed by atoms with Crippen molar-refractivity contribution in [1.82, 2.24) is 0 Å². The number of carbonyl (C=O) groups excluding carboxylic acids is 1. The van der Waals surface area contributed by atoms with E-state index in [1.807, 2.05) is 0 Å². The molecule has 0 rings (SSSR count). The molecule has 0 aliphatic heterocycles. The normalized spacial score (nSPS) is 8.46. The quantitative estimate of drug-likeness (QED) is 0.233. The van der Waals surface area contributed by atoms with E-state index in [-0.39, 0.29) is 42.8 Å². The Morgan fingerprint density at radius 2 is 2.08 bits per heavy atom. The summed E-state index contributed by atoms with van der Waals surface area (Å²) in [6.07, 6.45) is 1.47. The molecule has 5 nitrogen and oxygen atoms in total. The first-order chi connectivity index (χ1) is 5.66. The van der Waals surface area contributed by atoms with Gasteiger partial charge in [-0.05, 0) is 0 Å². The molecule has 7 heteroatoms. The van der Waals surface area contributed by atoms with E-state index in [1.54, 1.807) is 0 Å². The van der Waals surface area contributed by atoms with E-state index in [2.05, 4.69) is 16.0 Å². The van der Waals surface area contributed by atoms with Crippen LogP contribution in [-0.4, -0.2) is 66.1 Å². The average molecular weight is 198 g/mol. The van der Waals surface area contributed by atoms with Crippen molar-refractivity contribution in [1.29, 1.82) is 0 Å². The molecule has 0 aromatic heterocycles. The van der Waals surface area contributed by atoms with Gasteiger partial charge in [-0.1, -0.05) is 6.58 Å². The molecule has 0 amide bonds. The van der Waals surface area contributed by atoms with Crippen LogP contribution in [0.2, 0.25) is 0 Å². The molecule has 0 atom stereocenters. The Hall–Kier alpha value is 0.155. The first-order valence-corrected chi connectivity index (χ1v) is 3.43. The van der Waals surface area contributed by atoms with Crippen molar-refractivity contribution >= 4 is 42.8 Å². The van der Waals surface area contributed by atoms with E-state index in [9.17, 15) is 4.79 Å². The molecule has 0 aliphatic rings. The molecule has 0 fully saturated rings. The molecule has 0 aromatic carbocycles. The van der Waals surface area contributed by atoms with E-state index in [0.717, 1.165) is 6.08 Å². The summed E-state index contributed by atoms with van der Waals surface area (Å²) in [5, 5.41) is 16.4. The second kappa shape index (κ2) is 10.2. The number of rotatable bonds is 6. The van der Waals surface area contributed by atoms with Crippen molar-refractivity contribution in [2.45, 2.75) is 6.42 Å². The molecule has 2 N–H and O–H groups in total. The molecule has 0 saturated carbocycles. The maximum atomic E-state index is 10.4. The Morgan fingerprint density at radius 3 is 2.54 bits per heavy atom. The maximum absolute atomic E-state index is 10.4. The van der Waals surface area contributed by atoms with E-state index in [0.29, 0.717) is 6.42 Å². The van der Waals surface area contributed by atoms with Gasteiger partial charge < -0.3 is 19.4 Å². The van der Waals surface area contributed by atoms with Gasteiger partial charge in [0.05, 0.1) is 6.61 Å². The predicted octanol–water partition coefficient (Wildman–Crippen LogP) is -1.56. The first-order valence-electron chi connectivity index (χ1n) is 3.43. The molecule has 0 radical (unpaired) electrons. The van der Waals surface area contributed by atoms with Gasteiger partial charge in [0.25, 0.3) is 0 Å². The second-order valence-electron chi connectivity index (χ2n) is 1.92. The van der Waals surface area contributed by atoms with Gasteiger partial charge in [-0.2, -0.15) is 0 Å². The summed E-state index contributed by atoms with van der Waals surface area (Å²) in [5.74, 6) is -0.500. The van der Waals surface area contributed by atoms with Gasteiger partial charge in [0, 0.05) is 19.1 Å². The van der Waals surface area contributed by atoms with Crippen molar-refractivity contribution in [2.75, 3.05) is 13.2 Å². The summed E-state index contributed by atoms with van der Waals surface area (Å²) in [5.41, 5.74) is 0. The van der Waals surface area contributed by atoms with Crippen LogP contribution in [0.3, 0.4) is 0 Å². The Morgan fingerprint density at radius 1 is 1.46 bits per heavy atom. The van der Waals surface area contributed by atoms with Crippen LogP contribution in [0.5, 0.6) is 0 Å². The van der Waals surface area contributed by atoms with Crippen LogP contribution in [0.25, 0.3) is 0 Å². The molecule has 13 heavy (non-hydrogen) atoms. The summed E-state index contributed by atoms with van der Waals surface area (Å²) in [6.45, 7) is 3.51. The fourth-order valence-electron chi connectivity index (χ4n) is 0.479. The molecule has 0 bridgehead atoms. The van der Waals surface area contributed by atoms with Gasteiger partial charge >= 0.3 is 42.8 Å². The van der Waals surface area contributed by atoms with Crippen molar-refractivity contribution in [3.8, 4) is 0 Å². The molecule has 0 aromatic rings. The van der Waals surface area contributed by atoms with Gasteiger partial charge in [0.1, 0.15) is 0 Å². The summed E-state index contributed by atoms with van der Waals surface area (Å²) in [7, 11) is -1.76. The third kappa shape index (κ3) is 12.2. The molecule has 0 saturated heterocycles. The Balaban J connectivity index is 0. The molecule has 0 spiro atoms. The zero-order valence-corrected chi connectivity index (χ0v) is 6.60. The molecule has 0 heterocycles. The Bertz CT molecular complexity index is 152. The fraction of sp³-hybridized carbons (Fsp3) is 0.500. The van der Waals surface area contributed by atoms with E-state index in [1.165, 1.54) is 0 Å². The van der Waals surface area contributed by atoms with Gasteiger partial charge in [-0.15, -0.1) is 0 Å². The third-order valence-electron chi connectivity index (χ3n) is 0.967. The number of ether oxygens (including phenoxy) is 1. The Kier molecular flexibility index (Phi) is 12.3. The van der Waals surface area contributed by atoms with Crippen molar-refractivity contribution < 1.29 is 24.2 Å². The van der Waals surface area contributed by atoms with Crippen molar-refractivity contribution in [3.05, 3.63) is 12.7 Å². The van der Waals surface area contributed by atoms with Crippen LogP contribution < -0.4 is 0 Å². The number of hydrogen-bond donors (Lipinski definition) is 2.